The SMILES string of the molecule is C/C=C/C=C/C=C/C=C/C=C/C(C)C(OC(=O)CC(=O)CCCC(=O)CC(O)CCCC(O)CC1(O)CC(O)C(C(=O)O)C(CC(/C=C/C)O[C@@H]2OC[C@@H](O)[C@H](N)[C@@H]2O)O1)C(C)CC(C)C(O)CC(=O)c1ccc(N)cc1. The number of nitrogens with two attached hydrogens (primary N) is 2. The number of nitrogen functional groups attached to an aromatic ring is 1. The van der Waals surface area contributed by atoms with Crippen LogP contribution >= 0.6 is 0 Å². The summed E-state index contributed by atoms with van der Waals surface area (Å²) in [5, 5.41) is 85.3. The van der Waals surface area contributed by atoms with Gasteiger partial charge in [0.25, 0.3) is 0 Å². The average molecular weight is 1080 g/mol. The van der Waals surface area contributed by atoms with Crippen molar-refractivity contribution in [2.45, 2.75) is 191 Å². The third kappa shape index (κ3) is 23.9. The smallest absolute Gasteiger partial charge is 0.313 e. The summed E-state index contributed by atoms with van der Waals surface area (Å²) in [6.07, 6.45) is 9.03. The van der Waals surface area contributed by atoms with Crippen molar-refractivity contribution >= 4 is 35.0 Å². The maximum atomic E-state index is 13.3. The Kier molecular flexibility index (Phi) is 29.3. The Bertz CT molecular complexity index is 2180. The summed E-state index contributed by atoms with van der Waals surface area (Å²) in [6, 6.07) is 5.40. The molecule has 3 rings (SSSR count). The molecule has 19 heteroatoms. The van der Waals surface area contributed by atoms with Gasteiger partial charge >= 0.3 is 11.9 Å². The molecule has 0 saturated carbocycles. The van der Waals surface area contributed by atoms with Crippen LogP contribution in [0.25, 0.3) is 0 Å². The number of Topliss-reactive ketones (excluding diaryl/α,β-unsaturated/α-hetero) is 3. The highest BCUT2D eigenvalue weighted by Crippen LogP contribution is 2.38. The normalized spacial score (nSPS) is 26.5. The Balaban J connectivity index is 1.49. The van der Waals surface area contributed by atoms with Gasteiger partial charge in [-0.25, -0.2) is 0 Å². The molecule has 430 valence electrons. The maximum Gasteiger partial charge on any atom is 0.313 e. The van der Waals surface area contributed by atoms with Gasteiger partial charge in [-0.3, -0.25) is 24.0 Å². The first-order valence-electron chi connectivity index (χ1n) is 26.7. The van der Waals surface area contributed by atoms with Crippen LogP contribution in [0.3, 0.4) is 0 Å². The molecule has 1 aromatic rings. The van der Waals surface area contributed by atoms with Crippen LogP contribution in [0.15, 0.2) is 97.2 Å². The molecule has 12 unspecified atom stereocenters. The molecule has 2 saturated heterocycles. The number of carboxylic acids is 1. The molecule has 1 aromatic carbocycles. The van der Waals surface area contributed by atoms with Crippen LogP contribution in [0, 0.1) is 23.7 Å². The molecule has 0 aromatic heterocycles. The zero-order valence-electron chi connectivity index (χ0n) is 45.2. The first-order valence-corrected chi connectivity index (χ1v) is 26.7. The van der Waals surface area contributed by atoms with Crippen molar-refractivity contribution in [2.75, 3.05) is 12.3 Å². The minimum absolute atomic E-state index is 0.0339. The predicted molar refractivity (Wildman–Crippen MR) is 288 cm³/mol. The average Bonchev–Trinajstić information content (AvgIpc) is 3.34. The summed E-state index contributed by atoms with van der Waals surface area (Å²) in [4.78, 5) is 64.2. The van der Waals surface area contributed by atoms with Gasteiger partial charge in [-0.15, -0.1) is 0 Å². The van der Waals surface area contributed by atoms with E-state index >= 15 is 0 Å². The monoisotopic (exact) mass is 1080 g/mol. The molecule has 0 radical (unpaired) electrons. The van der Waals surface area contributed by atoms with Crippen molar-refractivity contribution in [1.82, 2.24) is 0 Å². The Hall–Kier alpha value is -5.03. The predicted octanol–water partition coefficient (Wildman–Crippen LogP) is 4.88. The van der Waals surface area contributed by atoms with Crippen molar-refractivity contribution in [2.24, 2.45) is 29.4 Å². The lowest BCUT2D eigenvalue weighted by Gasteiger charge is -2.45. The van der Waals surface area contributed by atoms with Crippen LogP contribution in [0.5, 0.6) is 0 Å². The largest absolute Gasteiger partial charge is 0.481 e. The zero-order chi connectivity index (χ0) is 57.2. The molecule has 77 heavy (non-hydrogen) atoms. The number of aliphatic carboxylic acids is 1. The Morgan fingerprint density at radius 2 is 1.42 bits per heavy atom. The molecule has 0 amide bonds. The molecular weight excluding hydrogens is 997 g/mol. The molecule has 19 nitrogen and oxygen atoms in total. The van der Waals surface area contributed by atoms with Gasteiger partial charge in [-0.05, 0) is 82.1 Å². The molecule has 2 fully saturated rings. The van der Waals surface area contributed by atoms with Gasteiger partial charge in [0.15, 0.2) is 17.9 Å². The highest BCUT2D eigenvalue weighted by atomic mass is 16.7. The van der Waals surface area contributed by atoms with Crippen LogP contribution in [0.4, 0.5) is 5.69 Å². The Labute approximate surface area is 453 Å². The molecule has 2 aliphatic rings. The minimum atomic E-state index is -2.16. The number of benzene rings is 1. The molecule has 0 spiro atoms. The zero-order valence-corrected chi connectivity index (χ0v) is 45.2. The fourth-order valence-electron chi connectivity index (χ4n) is 9.58. The molecule has 12 N–H and O–H groups in total. The van der Waals surface area contributed by atoms with Gasteiger partial charge in [0.2, 0.25) is 0 Å². The molecule has 0 bridgehead atoms. The van der Waals surface area contributed by atoms with Crippen LogP contribution in [-0.4, -0.2) is 150 Å². The number of esters is 1. The number of allylic oxidation sites excluding steroid dienone is 10. The number of carboxylic acid groups (broad SMARTS) is 1. The van der Waals surface area contributed by atoms with E-state index < -0.39 is 116 Å². The summed E-state index contributed by atoms with van der Waals surface area (Å²) in [7, 11) is 0. The third-order valence-corrected chi connectivity index (χ3v) is 13.8. The molecule has 16 atom stereocenters. The number of anilines is 1. The number of ether oxygens (including phenoxy) is 4. The van der Waals surface area contributed by atoms with E-state index in [2.05, 4.69) is 0 Å². The summed E-state index contributed by atoms with van der Waals surface area (Å²) >= 11 is 0. The second-order valence-electron chi connectivity index (χ2n) is 20.7. The van der Waals surface area contributed by atoms with Crippen molar-refractivity contribution in [1.29, 1.82) is 0 Å². The number of hydrogen-bond donors (Lipinski definition) is 10. The molecule has 2 aliphatic heterocycles. The number of aliphatic hydroxyl groups excluding tert-OH is 6. The topological polar surface area (TPSA) is 336 Å². The number of carbonyl (C=O) groups is 5. The Morgan fingerprint density at radius 1 is 0.792 bits per heavy atom. The number of ketones is 3. The van der Waals surface area contributed by atoms with Crippen LogP contribution in [0.1, 0.15) is 128 Å². The summed E-state index contributed by atoms with van der Waals surface area (Å²) in [5.74, 6) is -7.70. The standard InChI is InChI=1S/C58H86N2O17/c1-6-8-9-10-11-12-13-14-15-19-36(3)55(38(5)28-37(4)46(65)32-47(66)39-24-26-40(59)27-25-39)76-51(69)30-43(63)22-16-20-41(61)29-42(62)21-17-23-44(64)33-58(73)34-48(67)52(56(71)72)50(77-58)31-45(18-7-2)75-57-54(70)53(60)49(68)35-74-57/h6-15,18-19,24-27,36-38,42,44-46,48-50,52-55,57,62,64-65,67-68,70,73H,16-17,20-23,28-35,59-60H2,1-5H3,(H,71,72)/b8-6+,10-9+,12-11+,14-13+,18-7+,19-15+/t36?,37?,38?,42?,44?,45?,46?,48?,49-,50?,52?,53+,54+,55?,57+,58?/m1/s1. The van der Waals surface area contributed by atoms with E-state index in [0.717, 1.165) is 0 Å². The van der Waals surface area contributed by atoms with E-state index in [9.17, 15) is 64.8 Å². The minimum Gasteiger partial charge on any atom is -0.481 e. The fourth-order valence-corrected chi connectivity index (χ4v) is 9.58. The highest BCUT2D eigenvalue weighted by Gasteiger charge is 2.50. The number of carbonyl (C=O) groups excluding carboxylic acids is 4. The second kappa shape index (κ2) is 34.1. The quantitative estimate of drug-likeness (QED) is 0.0110. The van der Waals surface area contributed by atoms with E-state index in [1.54, 1.807) is 43.3 Å². The number of hydrogen-bond acceptors (Lipinski definition) is 18. The van der Waals surface area contributed by atoms with Crippen molar-refractivity contribution in [3.63, 3.8) is 0 Å². The van der Waals surface area contributed by atoms with Gasteiger partial charge in [-0.2, -0.15) is 0 Å². The van der Waals surface area contributed by atoms with Gasteiger partial charge in [-0.1, -0.05) is 93.7 Å². The van der Waals surface area contributed by atoms with E-state index in [0.29, 0.717) is 17.7 Å². The maximum absolute atomic E-state index is 13.3. The van der Waals surface area contributed by atoms with E-state index in [-0.39, 0.29) is 93.7 Å². The van der Waals surface area contributed by atoms with Gasteiger partial charge in [0.1, 0.15) is 36.1 Å². The lowest BCUT2D eigenvalue weighted by molar-refractivity contribution is -0.305. The first kappa shape index (κ1) is 66.3. The van der Waals surface area contributed by atoms with Crippen molar-refractivity contribution in [3.8, 4) is 0 Å². The van der Waals surface area contributed by atoms with Crippen LogP contribution in [-0.2, 0) is 38.1 Å². The van der Waals surface area contributed by atoms with Crippen LogP contribution in [0.2, 0.25) is 0 Å². The van der Waals surface area contributed by atoms with E-state index in [1.807, 2.05) is 88.5 Å². The summed E-state index contributed by atoms with van der Waals surface area (Å²) < 4.78 is 23.1. The lowest BCUT2D eigenvalue weighted by Crippen LogP contribution is -2.59. The van der Waals surface area contributed by atoms with Crippen molar-refractivity contribution < 1.29 is 83.8 Å². The van der Waals surface area contributed by atoms with Crippen molar-refractivity contribution in [3.05, 3.63) is 103 Å². The highest BCUT2D eigenvalue weighted by molar-refractivity contribution is 5.97. The van der Waals surface area contributed by atoms with Crippen LogP contribution < -0.4 is 11.5 Å². The van der Waals surface area contributed by atoms with E-state index in [1.165, 1.54) is 0 Å². The van der Waals surface area contributed by atoms with E-state index in [4.69, 9.17) is 30.4 Å². The molecule has 0 aliphatic carbocycles. The molecule has 2 heterocycles. The number of rotatable bonds is 34. The summed E-state index contributed by atoms with van der Waals surface area (Å²) in [6.45, 7) is 8.97. The Morgan fingerprint density at radius 3 is 2.05 bits per heavy atom. The lowest BCUT2D eigenvalue weighted by atomic mass is 9.83. The van der Waals surface area contributed by atoms with Gasteiger partial charge < -0.3 is 71.3 Å². The van der Waals surface area contributed by atoms with Gasteiger partial charge in [0, 0.05) is 62.1 Å². The van der Waals surface area contributed by atoms with Gasteiger partial charge in [0.05, 0.1) is 55.4 Å². The molecular formula is C58H86N2O17. The summed E-state index contributed by atoms with van der Waals surface area (Å²) in [5.41, 5.74) is 12.6. The fraction of sp³-hybridized carbons (Fsp3) is 0.603. The third-order valence-electron chi connectivity index (χ3n) is 13.8. The second-order valence-corrected chi connectivity index (χ2v) is 20.7. The number of aliphatic hydroxyl groups is 7. The first-order chi connectivity index (χ1) is 36.5.